The van der Waals surface area contributed by atoms with Crippen LogP contribution >= 0.6 is 11.8 Å². The Morgan fingerprint density at radius 3 is 2.74 bits per heavy atom. The van der Waals surface area contributed by atoms with Gasteiger partial charge in [-0.1, -0.05) is 30.5 Å². The van der Waals surface area contributed by atoms with E-state index < -0.39 is 0 Å². The van der Waals surface area contributed by atoms with Gasteiger partial charge in [0.05, 0.1) is 19.2 Å². The zero-order valence-electron chi connectivity index (χ0n) is 11.1. The molecule has 0 amide bonds. The van der Waals surface area contributed by atoms with Crippen LogP contribution in [-0.4, -0.2) is 25.5 Å². The molecule has 1 aromatic rings. The van der Waals surface area contributed by atoms with Gasteiger partial charge in [-0.3, -0.25) is 4.99 Å². The van der Waals surface area contributed by atoms with Gasteiger partial charge in [0.15, 0.2) is 0 Å². The van der Waals surface area contributed by atoms with Crippen LogP contribution in [-0.2, 0) is 6.54 Å². The molecule has 102 valence electrons. The first kappa shape index (κ1) is 15.1. The monoisotopic (exact) mass is 278 g/mol. The minimum absolute atomic E-state index is 0.420. The lowest BCUT2D eigenvalue weighted by Crippen LogP contribution is -2.12. The predicted octanol–water partition coefficient (Wildman–Crippen LogP) is 1.96. The fourth-order valence-corrected chi connectivity index (χ4v) is 1.67. The lowest BCUT2D eigenvalue weighted by Gasteiger charge is -2.03. The summed E-state index contributed by atoms with van der Waals surface area (Å²) in [5, 5.41) is 3.83. The van der Waals surface area contributed by atoms with Crippen molar-refractivity contribution in [1.29, 1.82) is 0 Å². The number of hydrogen-bond acceptors (Lipinski definition) is 5. The predicted molar refractivity (Wildman–Crippen MR) is 82.6 cm³/mol. The van der Waals surface area contributed by atoms with Gasteiger partial charge in [0.25, 0.3) is 0 Å². The van der Waals surface area contributed by atoms with Crippen molar-refractivity contribution < 1.29 is 4.74 Å². The van der Waals surface area contributed by atoms with E-state index in [0.717, 1.165) is 11.3 Å². The van der Waals surface area contributed by atoms with E-state index in [1.54, 1.807) is 19.7 Å². The Hall–Kier alpha value is -1.95. The molecule has 0 spiro atoms. The van der Waals surface area contributed by atoms with Crippen molar-refractivity contribution >= 4 is 23.1 Å². The van der Waals surface area contributed by atoms with Gasteiger partial charge < -0.3 is 15.9 Å². The van der Waals surface area contributed by atoms with Crippen LogP contribution in [0.3, 0.4) is 0 Å². The van der Waals surface area contributed by atoms with Gasteiger partial charge in [0.1, 0.15) is 11.6 Å². The van der Waals surface area contributed by atoms with Crippen LogP contribution in [0.4, 0.5) is 0 Å². The molecular formula is C13H18N4OS. The minimum Gasteiger partial charge on any atom is -0.497 e. The lowest BCUT2D eigenvalue weighted by atomic mass is 10.2. The van der Waals surface area contributed by atoms with E-state index in [2.05, 4.69) is 22.1 Å². The molecule has 0 bridgehead atoms. The first-order valence-electron chi connectivity index (χ1n) is 5.64. The lowest BCUT2D eigenvalue weighted by molar-refractivity contribution is 0.414. The van der Waals surface area contributed by atoms with Crippen molar-refractivity contribution in [3.8, 4) is 5.75 Å². The quantitative estimate of drug-likeness (QED) is 0.454. The number of benzene rings is 1. The van der Waals surface area contributed by atoms with E-state index in [1.807, 2.05) is 24.3 Å². The molecule has 5 nitrogen and oxygen atoms in total. The van der Waals surface area contributed by atoms with E-state index in [-0.39, 0.29) is 0 Å². The number of nitrogens with two attached hydrogens (primary N) is 1. The number of hydrogen-bond donors (Lipinski definition) is 2. The maximum absolute atomic E-state index is 5.83. The van der Waals surface area contributed by atoms with E-state index in [4.69, 9.17) is 10.5 Å². The summed E-state index contributed by atoms with van der Waals surface area (Å²) in [6.07, 6.45) is 0. The minimum atomic E-state index is 0.420. The van der Waals surface area contributed by atoms with Crippen molar-refractivity contribution in [1.82, 2.24) is 5.43 Å². The van der Waals surface area contributed by atoms with Crippen molar-refractivity contribution in [2.75, 3.05) is 14.2 Å². The van der Waals surface area contributed by atoms with Gasteiger partial charge in [0, 0.05) is 12.0 Å². The van der Waals surface area contributed by atoms with Crippen molar-refractivity contribution in [3.05, 3.63) is 41.3 Å². The number of nitrogens with zero attached hydrogens (tertiary/aromatic N) is 2. The van der Waals surface area contributed by atoms with Crippen LogP contribution in [0.5, 0.6) is 5.75 Å². The summed E-state index contributed by atoms with van der Waals surface area (Å²) >= 11 is 1.33. The third-order valence-corrected chi connectivity index (χ3v) is 2.96. The summed E-state index contributed by atoms with van der Waals surface area (Å²) < 4.78 is 5.09. The fraction of sp³-hybridized carbons (Fsp3) is 0.231. The summed E-state index contributed by atoms with van der Waals surface area (Å²) in [6, 6.07) is 7.69. The first-order chi connectivity index (χ1) is 9.17. The number of aliphatic imine (C=N–C) groups is 1. The van der Waals surface area contributed by atoms with E-state index in [0.29, 0.717) is 17.3 Å². The Bertz CT molecular complexity index is 468. The molecular weight excluding hydrogens is 260 g/mol. The maximum Gasteiger partial charge on any atom is 0.132 e. The Kier molecular flexibility index (Phi) is 6.52. The summed E-state index contributed by atoms with van der Waals surface area (Å²) in [5.74, 6) is 1.24. The van der Waals surface area contributed by atoms with E-state index in [9.17, 15) is 0 Å². The van der Waals surface area contributed by atoms with Gasteiger partial charge in [0.2, 0.25) is 0 Å². The molecule has 1 aromatic carbocycles. The van der Waals surface area contributed by atoms with Gasteiger partial charge >= 0.3 is 0 Å². The SMILES string of the molecule is C=C(S/C=N/NC)C(N)=NCc1ccc(OC)cc1. The fourth-order valence-electron chi connectivity index (χ4n) is 1.20. The Morgan fingerprint density at radius 2 is 2.16 bits per heavy atom. The molecule has 6 heteroatoms. The Balaban J connectivity index is 2.54. The average molecular weight is 278 g/mol. The molecule has 1 rings (SSSR count). The van der Waals surface area contributed by atoms with Gasteiger partial charge in [-0.2, -0.15) is 5.10 Å². The number of thioether (sulfide) groups is 1. The van der Waals surface area contributed by atoms with Crippen LogP contribution in [0.25, 0.3) is 0 Å². The standard InChI is InChI=1S/C13H18N4OS/c1-10(19-9-17-15-2)13(14)16-8-11-4-6-12(18-3)7-5-11/h4-7,9,15H,1,8H2,2-3H3,(H2,14,16)/b17-9+. The number of nitrogens with one attached hydrogen (secondary N) is 1. The molecule has 0 radical (unpaired) electrons. The van der Waals surface area contributed by atoms with Crippen LogP contribution in [0.1, 0.15) is 5.56 Å². The zero-order chi connectivity index (χ0) is 14.1. The summed E-state index contributed by atoms with van der Waals surface area (Å²) in [6.45, 7) is 4.35. The molecule has 0 fully saturated rings. The highest BCUT2D eigenvalue weighted by molar-refractivity contribution is 8.16. The summed E-state index contributed by atoms with van der Waals surface area (Å²) in [4.78, 5) is 4.95. The molecule has 19 heavy (non-hydrogen) atoms. The number of amidine groups is 1. The topological polar surface area (TPSA) is 72.0 Å². The molecule has 0 unspecified atom stereocenters. The molecule has 0 saturated carbocycles. The molecule has 3 N–H and O–H groups in total. The molecule has 0 heterocycles. The number of methoxy groups -OCH3 is 1. The van der Waals surface area contributed by atoms with E-state index >= 15 is 0 Å². The van der Waals surface area contributed by atoms with Gasteiger partial charge in [-0.15, -0.1) is 0 Å². The number of ether oxygens (including phenoxy) is 1. The van der Waals surface area contributed by atoms with Crippen molar-refractivity contribution in [3.63, 3.8) is 0 Å². The summed E-state index contributed by atoms with van der Waals surface area (Å²) in [7, 11) is 3.36. The molecule has 0 saturated heterocycles. The Labute approximate surface area is 117 Å². The van der Waals surface area contributed by atoms with Crippen LogP contribution in [0.15, 0.2) is 45.8 Å². The third-order valence-electron chi connectivity index (χ3n) is 2.25. The third kappa shape index (κ3) is 5.48. The average Bonchev–Trinajstić information content (AvgIpc) is 2.45. The molecule has 0 aliphatic carbocycles. The molecule has 0 atom stereocenters. The molecule has 0 aromatic heterocycles. The van der Waals surface area contributed by atoms with Crippen LogP contribution in [0.2, 0.25) is 0 Å². The number of hydrazone groups is 1. The van der Waals surface area contributed by atoms with Gasteiger partial charge in [-0.25, -0.2) is 0 Å². The second kappa shape index (κ2) is 8.20. The zero-order valence-corrected chi connectivity index (χ0v) is 11.9. The molecule has 0 aliphatic rings. The highest BCUT2D eigenvalue weighted by Gasteiger charge is 1.99. The highest BCUT2D eigenvalue weighted by atomic mass is 32.2. The molecule has 0 aliphatic heterocycles. The largest absolute Gasteiger partial charge is 0.497 e. The first-order valence-corrected chi connectivity index (χ1v) is 6.52. The maximum atomic E-state index is 5.83. The highest BCUT2D eigenvalue weighted by Crippen LogP contribution is 2.13. The van der Waals surface area contributed by atoms with Crippen molar-refractivity contribution in [2.24, 2.45) is 15.8 Å². The van der Waals surface area contributed by atoms with Gasteiger partial charge in [-0.05, 0) is 17.7 Å². The van der Waals surface area contributed by atoms with E-state index in [1.165, 1.54) is 11.8 Å². The van der Waals surface area contributed by atoms with Crippen LogP contribution < -0.4 is 15.9 Å². The second-order valence-corrected chi connectivity index (χ2v) is 4.49. The summed E-state index contributed by atoms with van der Waals surface area (Å²) in [5.41, 5.74) is 11.2. The number of rotatable bonds is 7. The smallest absolute Gasteiger partial charge is 0.132 e. The second-order valence-electron chi connectivity index (χ2n) is 3.55. The normalized spacial score (nSPS) is 11.6. The Morgan fingerprint density at radius 1 is 1.47 bits per heavy atom. The van der Waals surface area contributed by atoms with Crippen molar-refractivity contribution in [2.45, 2.75) is 6.54 Å². The van der Waals surface area contributed by atoms with Crippen LogP contribution in [0, 0.1) is 0 Å².